The predicted molar refractivity (Wildman–Crippen MR) is 86.1 cm³/mol. The fraction of sp³-hybridized carbons (Fsp3) is 0.429. The van der Waals surface area contributed by atoms with Crippen molar-refractivity contribution < 1.29 is 4.79 Å². The quantitative estimate of drug-likeness (QED) is 0.829. The zero-order chi connectivity index (χ0) is 14.9. The van der Waals surface area contributed by atoms with Crippen LogP contribution in [0.15, 0.2) is 18.2 Å². The molecule has 0 saturated heterocycles. The highest BCUT2D eigenvalue weighted by Crippen LogP contribution is 2.42. The van der Waals surface area contributed by atoms with E-state index in [2.05, 4.69) is 5.32 Å². The lowest BCUT2D eigenvalue weighted by atomic mass is 9.68. The molecule has 1 aromatic rings. The maximum atomic E-state index is 12.4. The molecule has 3 N–H and O–H groups in total. The fourth-order valence-corrected chi connectivity index (χ4v) is 3.25. The second-order valence-corrected chi connectivity index (χ2v) is 6.44. The molecule has 3 nitrogen and oxygen atoms in total. The Morgan fingerprint density at radius 3 is 2.55 bits per heavy atom. The third-order valence-corrected chi connectivity index (χ3v) is 4.84. The van der Waals surface area contributed by atoms with Gasteiger partial charge in [-0.1, -0.05) is 47.9 Å². The van der Waals surface area contributed by atoms with Gasteiger partial charge >= 0.3 is 0 Å². The van der Waals surface area contributed by atoms with Gasteiger partial charge in [0.05, 0.1) is 16.4 Å². The predicted octanol–water partition coefficient (Wildman–Crippen LogP) is 3.63. The average Bonchev–Trinajstić information content (AvgIpc) is 2.25. The first kappa shape index (κ1) is 15.5. The van der Waals surface area contributed by atoms with Crippen molar-refractivity contribution in [2.45, 2.75) is 32.2 Å². The average molecular weight is 331 g/mol. The molecule has 0 bridgehead atoms. The van der Waals surface area contributed by atoms with E-state index >= 15 is 0 Å². The molecular weight excluding hydrogens is 315 g/mol. The normalized spacial score (nSPS) is 17.9. The van der Waals surface area contributed by atoms with Gasteiger partial charge in [-0.3, -0.25) is 4.79 Å². The second-order valence-electron chi connectivity index (χ2n) is 5.16. The number of hydrogen-bond acceptors (Lipinski definition) is 2. The third kappa shape index (κ3) is 2.78. The van der Waals surface area contributed by atoms with Crippen LogP contribution in [0.25, 0.3) is 0 Å². The molecule has 108 valence electrons. The molecule has 1 fully saturated rings. The van der Waals surface area contributed by atoms with Crippen molar-refractivity contribution >= 4 is 46.3 Å². The van der Waals surface area contributed by atoms with Gasteiger partial charge in [-0.2, -0.15) is 0 Å². The van der Waals surface area contributed by atoms with Crippen LogP contribution in [-0.4, -0.2) is 10.9 Å². The van der Waals surface area contributed by atoms with E-state index in [0.29, 0.717) is 10.0 Å². The van der Waals surface area contributed by atoms with Crippen molar-refractivity contribution in [1.29, 1.82) is 0 Å². The lowest BCUT2D eigenvalue weighted by Crippen LogP contribution is -2.53. The number of carbonyl (C=O) groups excluding carboxylic acids is 1. The first-order valence-corrected chi connectivity index (χ1v) is 7.59. The Kier molecular flexibility index (Phi) is 4.57. The van der Waals surface area contributed by atoms with Crippen molar-refractivity contribution in [3.8, 4) is 0 Å². The smallest absolute Gasteiger partial charge is 0.233 e. The van der Waals surface area contributed by atoms with E-state index in [9.17, 15) is 4.79 Å². The number of nitrogens with one attached hydrogen (secondary N) is 1. The Morgan fingerprint density at radius 2 is 2.10 bits per heavy atom. The van der Waals surface area contributed by atoms with E-state index in [1.807, 2.05) is 13.0 Å². The van der Waals surface area contributed by atoms with Gasteiger partial charge in [-0.15, -0.1) is 0 Å². The van der Waals surface area contributed by atoms with Gasteiger partial charge < -0.3 is 11.1 Å². The summed E-state index contributed by atoms with van der Waals surface area (Å²) in [7, 11) is 0. The summed E-state index contributed by atoms with van der Waals surface area (Å²) >= 11 is 17.1. The van der Waals surface area contributed by atoms with Crippen molar-refractivity contribution in [3.05, 3.63) is 33.8 Å². The summed E-state index contributed by atoms with van der Waals surface area (Å²) in [6.07, 6.45) is 2.41. The zero-order valence-corrected chi connectivity index (χ0v) is 13.4. The Hall–Kier alpha value is -0.840. The van der Waals surface area contributed by atoms with Crippen molar-refractivity contribution in [3.63, 3.8) is 0 Å². The summed E-state index contributed by atoms with van der Waals surface area (Å²) in [6, 6.07) is 4.99. The van der Waals surface area contributed by atoms with E-state index in [1.54, 1.807) is 12.1 Å². The summed E-state index contributed by atoms with van der Waals surface area (Å²) in [4.78, 5) is 12.7. The number of hydrogen-bond donors (Lipinski definition) is 2. The van der Waals surface area contributed by atoms with Gasteiger partial charge in [0.2, 0.25) is 5.91 Å². The molecular formula is C14H16Cl2N2OS. The summed E-state index contributed by atoms with van der Waals surface area (Å²) in [5, 5.41) is 4.04. The first-order chi connectivity index (χ1) is 9.36. The number of benzene rings is 1. The Balaban J connectivity index is 2.13. The van der Waals surface area contributed by atoms with E-state index in [1.165, 1.54) is 0 Å². The van der Waals surface area contributed by atoms with Crippen LogP contribution in [-0.2, 0) is 4.79 Å². The van der Waals surface area contributed by atoms with E-state index in [-0.39, 0.29) is 16.9 Å². The van der Waals surface area contributed by atoms with E-state index < -0.39 is 5.41 Å². The number of carbonyl (C=O) groups is 1. The van der Waals surface area contributed by atoms with Gasteiger partial charge in [0, 0.05) is 10.0 Å². The second kappa shape index (κ2) is 5.88. The number of nitrogens with two attached hydrogens (primary N) is 1. The van der Waals surface area contributed by atoms with Gasteiger partial charge in [0.15, 0.2) is 0 Å². The van der Waals surface area contributed by atoms with Crippen LogP contribution in [0.1, 0.15) is 37.8 Å². The number of halogens is 2. The van der Waals surface area contributed by atoms with Crippen LogP contribution >= 0.6 is 35.4 Å². The maximum absolute atomic E-state index is 12.4. The highest BCUT2D eigenvalue weighted by Gasteiger charge is 2.47. The molecule has 0 aliphatic heterocycles. The molecule has 0 radical (unpaired) electrons. The Labute approximate surface area is 133 Å². The number of thiocarbonyl (C=S) groups is 1. The minimum Gasteiger partial charge on any atom is -0.392 e. The molecule has 1 aliphatic carbocycles. The van der Waals surface area contributed by atoms with Crippen LogP contribution in [0.2, 0.25) is 10.0 Å². The molecule has 1 atom stereocenters. The standard InChI is InChI=1S/C14H16Cl2N2OS/c1-8(10-4-3-9(15)7-11(10)16)18-13(19)14(12(17)20)5-2-6-14/h3-4,7-8H,2,5-6H2,1H3,(H2,17,20)(H,18,19). The summed E-state index contributed by atoms with van der Waals surface area (Å²) in [5.41, 5.74) is 5.87. The summed E-state index contributed by atoms with van der Waals surface area (Å²) in [6.45, 7) is 1.87. The summed E-state index contributed by atoms with van der Waals surface area (Å²) < 4.78 is 0. The molecule has 1 saturated carbocycles. The largest absolute Gasteiger partial charge is 0.392 e. The molecule has 1 aliphatic rings. The molecule has 1 unspecified atom stereocenters. The summed E-state index contributed by atoms with van der Waals surface area (Å²) in [5.74, 6) is -0.116. The van der Waals surface area contributed by atoms with Crippen LogP contribution in [0.4, 0.5) is 0 Å². The Morgan fingerprint density at radius 1 is 1.45 bits per heavy atom. The molecule has 20 heavy (non-hydrogen) atoms. The minimum absolute atomic E-state index is 0.116. The monoisotopic (exact) mass is 330 g/mol. The lowest BCUT2D eigenvalue weighted by Gasteiger charge is -2.39. The minimum atomic E-state index is -0.678. The third-order valence-electron chi connectivity index (χ3n) is 3.89. The lowest BCUT2D eigenvalue weighted by molar-refractivity contribution is -0.131. The molecule has 1 aromatic carbocycles. The van der Waals surface area contributed by atoms with Crippen LogP contribution in [0.3, 0.4) is 0 Å². The van der Waals surface area contributed by atoms with Crippen molar-refractivity contribution in [2.24, 2.45) is 11.1 Å². The zero-order valence-electron chi connectivity index (χ0n) is 11.1. The van der Waals surface area contributed by atoms with E-state index in [0.717, 1.165) is 24.8 Å². The van der Waals surface area contributed by atoms with Crippen LogP contribution in [0, 0.1) is 5.41 Å². The molecule has 0 heterocycles. The van der Waals surface area contributed by atoms with Gasteiger partial charge in [0.25, 0.3) is 0 Å². The molecule has 6 heteroatoms. The van der Waals surface area contributed by atoms with Gasteiger partial charge in [-0.25, -0.2) is 0 Å². The van der Waals surface area contributed by atoms with Gasteiger partial charge in [0.1, 0.15) is 0 Å². The SMILES string of the molecule is CC(NC(=O)C1(C(N)=S)CCC1)c1ccc(Cl)cc1Cl. The molecule has 0 spiro atoms. The molecule has 0 aromatic heterocycles. The molecule has 1 amide bonds. The highest BCUT2D eigenvalue weighted by molar-refractivity contribution is 7.80. The molecule has 2 rings (SSSR count). The number of amides is 1. The fourth-order valence-electron chi connectivity index (χ4n) is 2.38. The maximum Gasteiger partial charge on any atom is 0.233 e. The number of rotatable bonds is 4. The van der Waals surface area contributed by atoms with E-state index in [4.69, 9.17) is 41.2 Å². The Bertz CT molecular complexity index is 558. The van der Waals surface area contributed by atoms with Crippen molar-refractivity contribution in [1.82, 2.24) is 5.32 Å². The van der Waals surface area contributed by atoms with Crippen LogP contribution < -0.4 is 11.1 Å². The van der Waals surface area contributed by atoms with Crippen LogP contribution in [0.5, 0.6) is 0 Å². The first-order valence-electron chi connectivity index (χ1n) is 6.42. The topological polar surface area (TPSA) is 55.1 Å². The van der Waals surface area contributed by atoms with Gasteiger partial charge in [-0.05, 0) is 37.5 Å². The van der Waals surface area contributed by atoms with Crippen molar-refractivity contribution in [2.75, 3.05) is 0 Å². The highest BCUT2D eigenvalue weighted by atomic mass is 35.5.